The molecule has 5 nitrogen and oxygen atoms in total. The van der Waals surface area contributed by atoms with Crippen LogP contribution in [0.3, 0.4) is 0 Å². The van der Waals surface area contributed by atoms with Crippen molar-refractivity contribution >= 4 is 33.3 Å². The van der Waals surface area contributed by atoms with Gasteiger partial charge in [0.25, 0.3) is 5.91 Å². The van der Waals surface area contributed by atoms with Crippen LogP contribution in [0.5, 0.6) is 0 Å². The lowest BCUT2D eigenvalue weighted by atomic mass is 9.93. The van der Waals surface area contributed by atoms with Gasteiger partial charge >= 0.3 is 0 Å². The molecule has 1 amide bonds. The summed E-state index contributed by atoms with van der Waals surface area (Å²) in [6, 6.07) is 26.9. The van der Waals surface area contributed by atoms with Crippen molar-refractivity contribution in [3.8, 4) is 11.1 Å². The summed E-state index contributed by atoms with van der Waals surface area (Å²) < 4.78 is 6.01. The Hall–Kier alpha value is -3.22. The van der Waals surface area contributed by atoms with Gasteiger partial charge in [0.2, 0.25) is 0 Å². The molecule has 6 heteroatoms. The summed E-state index contributed by atoms with van der Waals surface area (Å²) in [7, 11) is 0. The van der Waals surface area contributed by atoms with E-state index in [4.69, 9.17) is 4.37 Å². The molecule has 3 heterocycles. The number of piperidine rings is 1. The summed E-state index contributed by atoms with van der Waals surface area (Å²) in [6.07, 6.45) is 3.48. The van der Waals surface area contributed by atoms with Gasteiger partial charge in [-0.25, -0.2) is 0 Å². The quantitative estimate of drug-likeness (QED) is 0.318. The zero-order valence-electron chi connectivity index (χ0n) is 21.3. The Bertz CT molecular complexity index is 1350. The van der Waals surface area contributed by atoms with Crippen molar-refractivity contribution in [1.29, 1.82) is 0 Å². The molecule has 2 aliphatic rings. The molecule has 0 spiro atoms. The van der Waals surface area contributed by atoms with Crippen LogP contribution in [0.15, 0.2) is 78.9 Å². The highest BCUT2D eigenvalue weighted by molar-refractivity contribution is 7.13. The highest BCUT2D eigenvalue weighted by Gasteiger charge is 2.26. The summed E-state index contributed by atoms with van der Waals surface area (Å²) >= 11 is 1.60. The molecule has 0 aliphatic carbocycles. The largest absolute Gasteiger partial charge is 0.353 e. The Balaban J connectivity index is 1.01. The van der Waals surface area contributed by atoms with E-state index >= 15 is 0 Å². The normalized spacial score (nSPS) is 18.9. The maximum Gasteiger partial charge on any atom is 0.253 e. The molecule has 2 fully saturated rings. The lowest BCUT2D eigenvalue weighted by Crippen LogP contribution is -2.47. The van der Waals surface area contributed by atoms with Gasteiger partial charge in [0.05, 0.1) is 4.70 Å². The molecule has 190 valence electrons. The lowest BCUT2D eigenvalue weighted by Gasteiger charge is -2.37. The first-order chi connectivity index (χ1) is 18.2. The van der Waals surface area contributed by atoms with Crippen molar-refractivity contribution in [2.24, 2.45) is 5.92 Å². The minimum Gasteiger partial charge on any atom is -0.353 e. The first-order valence-electron chi connectivity index (χ1n) is 13.5. The van der Waals surface area contributed by atoms with E-state index in [2.05, 4.69) is 57.2 Å². The summed E-state index contributed by atoms with van der Waals surface area (Å²) in [5, 5.41) is 1.28. The number of hydrogen-bond donors (Lipinski definition) is 0. The number of likely N-dealkylation sites (tertiary alicyclic amines) is 1. The van der Waals surface area contributed by atoms with Gasteiger partial charge in [0.1, 0.15) is 5.82 Å². The highest BCUT2D eigenvalue weighted by Crippen LogP contribution is 2.30. The molecule has 0 N–H and O–H groups in total. The Morgan fingerprint density at radius 1 is 0.865 bits per heavy atom. The van der Waals surface area contributed by atoms with Crippen molar-refractivity contribution in [3.63, 3.8) is 0 Å². The second-order valence-corrected chi connectivity index (χ2v) is 11.1. The average molecular weight is 511 g/mol. The Kier molecular flexibility index (Phi) is 7.20. The van der Waals surface area contributed by atoms with E-state index in [0.29, 0.717) is 5.92 Å². The summed E-state index contributed by atoms with van der Waals surface area (Å²) in [5.74, 6) is 1.90. The third kappa shape index (κ3) is 5.41. The number of carbonyl (C=O) groups excluding carboxylic acids is 1. The monoisotopic (exact) mass is 510 g/mol. The number of benzene rings is 3. The zero-order chi connectivity index (χ0) is 25.0. The molecule has 0 radical (unpaired) electrons. The van der Waals surface area contributed by atoms with E-state index in [1.54, 1.807) is 11.5 Å². The van der Waals surface area contributed by atoms with E-state index < -0.39 is 0 Å². The van der Waals surface area contributed by atoms with Crippen LogP contribution in [-0.4, -0.2) is 65.9 Å². The number of fused-ring (bicyclic) bond motifs is 1. The van der Waals surface area contributed by atoms with Gasteiger partial charge in [0, 0.05) is 50.2 Å². The van der Waals surface area contributed by atoms with Crippen LogP contribution in [0.2, 0.25) is 0 Å². The Morgan fingerprint density at radius 3 is 2.51 bits per heavy atom. The van der Waals surface area contributed by atoms with Crippen molar-refractivity contribution in [1.82, 2.24) is 14.2 Å². The van der Waals surface area contributed by atoms with Crippen LogP contribution >= 0.6 is 11.5 Å². The number of rotatable bonds is 6. The molecule has 4 aromatic rings. The Labute approximate surface area is 223 Å². The molecule has 3 aromatic carbocycles. The number of piperazine rings is 1. The fraction of sp³-hybridized carbons (Fsp3) is 0.355. The minimum atomic E-state index is 0.173. The second kappa shape index (κ2) is 11.0. The van der Waals surface area contributed by atoms with Gasteiger partial charge in [-0.15, -0.1) is 0 Å². The predicted molar refractivity (Wildman–Crippen MR) is 153 cm³/mol. The summed E-state index contributed by atoms with van der Waals surface area (Å²) in [6.45, 7) is 7.06. The molecule has 1 unspecified atom stereocenters. The van der Waals surface area contributed by atoms with Crippen LogP contribution < -0.4 is 4.90 Å². The van der Waals surface area contributed by atoms with E-state index in [9.17, 15) is 4.79 Å². The van der Waals surface area contributed by atoms with E-state index in [0.717, 1.165) is 81.2 Å². The number of hydrogen-bond acceptors (Lipinski definition) is 5. The molecule has 0 saturated carbocycles. The molecule has 1 atom stereocenters. The zero-order valence-corrected chi connectivity index (χ0v) is 22.1. The van der Waals surface area contributed by atoms with E-state index in [1.807, 2.05) is 36.4 Å². The average Bonchev–Trinajstić information content (AvgIpc) is 3.41. The first-order valence-corrected chi connectivity index (χ1v) is 14.3. The molecule has 37 heavy (non-hydrogen) atoms. The maximum atomic E-state index is 13.4. The van der Waals surface area contributed by atoms with Crippen LogP contribution in [0.1, 0.15) is 29.6 Å². The van der Waals surface area contributed by atoms with Gasteiger partial charge in [0.15, 0.2) is 0 Å². The third-order valence-electron chi connectivity index (χ3n) is 7.91. The van der Waals surface area contributed by atoms with Gasteiger partial charge in [-0.05, 0) is 78.6 Å². The van der Waals surface area contributed by atoms with Gasteiger partial charge < -0.3 is 9.80 Å². The number of nitrogens with zero attached hydrogens (tertiary/aromatic N) is 4. The van der Waals surface area contributed by atoms with Gasteiger partial charge in [-0.1, -0.05) is 54.6 Å². The third-order valence-corrected chi connectivity index (χ3v) is 8.72. The number of anilines is 1. The van der Waals surface area contributed by atoms with Crippen molar-refractivity contribution in [2.45, 2.75) is 19.3 Å². The van der Waals surface area contributed by atoms with Gasteiger partial charge in [-0.3, -0.25) is 9.69 Å². The predicted octanol–water partition coefficient (Wildman–Crippen LogP) is 6.03. The molecule has 2 aliphatic heterocycles. The van der Waals surface area contributed by atoms with Crippen LogP contribution in [0.25, 0.3) is 21.2 Å². The second-order valence-electron chi connectivity index (χ2n) is 10.3. The maximum absolute atomic E-state index is 13.4. The standard InChI is InChI=1S/C31H34N4OS/c36-31(27-12-6-11-26(22-27)25-9-2-1-3-10-25)35-16-7-8-24(23-35)15-17-33-18-20-34(21-19-33)30-28-13-4-5-14-29(28)37-32-30/h1-6,9-14,22,24H,7-8,15-21,23H2. The number of carbonyl (C=O) groups is 1. The van der Waals surface area contributed by atoms with Crippen molar-refractivity contribution < 1.29 is 4.79 Å². The Morgan fingerprint density at radius 2 is 1.65 bits per heavy atom. The van der Waals surface area contributed by atoms with Crippen LogP contribution in [0, 0.1) is 5.92 Å². The first kappa shape index (κ1) is 24.1. The molecular formula is C31H34N4OS. The van der Waals surface area contributed by atoms with Crippen LogP contribution in [0.4, 0.5) is 5.82 Å². The number of aromatic nitrogens is 1. The number of amides is 1. The molecule has 1 aromatic heterocycles. The SMILES string of the molecule is O=C(c1cccc(-c2ccccc2)c1)N1CCCC(CCN2CCN(c3nsc4ccccc34)CC2)C1. The van der Waals surface area contributed by atoms with Gasteiger partial charge in [-0.2, -0.15) is 4.37 Å². The van der Waals surface area contributed by atoms with Crippen molar-refractivity contribution in [2.75, 3.05) is 50.7 Å². The molecule has 0 bridgehead atoms. The van der Waals surface area contributed by atoms with Crippen LogP contribution in [-0.2, 0) is 0 Å². The smallest absolute Gasteiger partial charge is 0.253 e. The van der Waals surface area contributed by atoms with E-state index in [1.165, 1.54) is 16.5 Å². The fourth-order valence-electron chi connectivity index (χ4n) is 5.78. The van der Waals surface area contributed by atoms with Crippen molar-refractivity contribution in [3.05, 3.63) is 84.4 Å². The highest BCUT2D eigenvalue weighted by atomic mass is 32.1. The lowest BCUT2D eigenvalue weighted by molar-refractivity contribution is 0.0659. The summed E-state index contributed by atoms with van der Waals surface area (Å²) in [5.41, 5.74) is 3.05. The fourth-order valence-corrected chi connectivity index (χ4v) is 6.57. The molecular weight excluding hydrogens is 476 g/mol. The topological polar surface area (TPSA) is 39.7 Å². The van der Waals surface area contributed by atoms with E-state index in [-0.39, 0.29) is 5.91 Å². The molecule has 6 rings (SSSR count). The summed E-state index contributed by atoms with van der Waals surface area (Å²) in [4.78, 5) is 20.5. The minimum absolute atomic E-state index is 0.173. The molecule has 2 saturated heterocycles.